The van der Waals surface area contributed by atoms with Crippen molar-refractivity contribution in [3.63, 3.8) is 0 Å². The highest BCUT2D eigenvalue weighted by Gasteiger charge is 2.23. The summed E-state index contributed by atoms with van der Waals surface area (Å²) < 4.78 is 0.549. The average Bonchev–Trinajstić information content (AvgIpc) is 2.84. The van der Waals surface area contributed by atoms with Crippen LogP contribution in [-0.2, 0) is 0 Å². The molecule has 0 radical (unpaired) electrons. The number of carbonyl (C=O) groups excluding carboxylic acids is 2. The smallest absolute Gasteiger partial charge is 0.267 e. The number of hydrazine groups is 1. The summed E-state index contributed by atoms with van der Waals surface area (Å²) in [6.07, 6.45) is 2.86. The van der Waals surface area contributed by atoms with Gasteiger partial charge in [0, 0.05) is 17.8 Å². The van der Waals surface area contributed by atoms with Crippen LogP contribution >= 0.6 is 27.3 Å². The van der Waals surface area contributed by atoms with Crippen LogP contribution in [-0.4, -0.2) is 26.8 Å². The quantitative estimate of drug-likeness (QED) is 0.390. The molecule has 0 saturated carbocycles. The highest BCUT2D eigenvalue weighted by Crippen LogP contribution is 2.17. The molecule has 92 valence electrons. The van der Waals surface area contributed by atoms with Crippen LogP contribution in [0.25, 0.3) is 0 Å². The average molecular weight is 327 g/mol. The Labute approximate surface area is 115 Å². The SMILES string of the molecule is NN(C(=O)c1cccnc1)C(=O)c1csc(Br)n1. The second-order valence-electron chi connectivity index (χ2n) is 3.21. The first-order chi connectivity index (χ1) is 8.59. The summed E-state index contributed by atoms with van der Waals surface area (Å²) in [6.45, 7) is 0. The zero-order valence-corrected chi connectivity index (χ0v) is 11.3. The predicted octanol–water partition coefficient (Wildman–Crippen LogP) is 1.46. The van der Waals surface area contributed by atoms with Gasteiger partial charge in [-0.15, -0.1) is 11.3 Å². The zero-order chi connectivity index (χ0) is 13.1. The maximum atomic E-state index is 11.9. The first-order valence-electron chi connectivity index (χ1n) is 4.74. The van der Waals surface area contributed by atoms with Gasteiger partial charge in [0.05, 0.1) is 5.56 Å². The van der Waals surface area contributed by atoms with Crippen molar-refractivity contribution >= 4 is 39.1 Å². The molecule has 2 amide bonds. The Balaban J connectivity index is 2.19. The van der Waals surface area contributed by atoms with Crippen molar-refractivity contribution in [3.05, 3.63) is 45.1 Å². The van der Waals surface area contributed by atoms with Crippen LogP contribution in [0.3, 0.4) is 0 Å². The van der Waals surface area contributed by atoms with Crippen molar-refractivity contribution in [1.82, 2.24) is 15.0 Å². The van der Waals surface area contributed by atoms with Gasteiger partial charge in [0.2, 0.25) is 0 Å². The van der Waals surface area contributed by atoms with Crippen LogP contribution in [0.1, 0.15) is 20.8 Å². The Bertz CT molecular complexity index is 587. The standard InChI is InChI=1S/C10H7BrN4O2S/c11-10-14-7(5-18-10)9(17)15(12)8(16)6-2-1-3-13-4-6/h1-5H,12H2. The van der Waals surface area contributed by atoms with Crippen LogP contribution in [0.15, 0.2) is 33.8 Å². The largest absolute Gasteiger partial charge is 0.294 e. The van der Waals surface area contributed by atoms with Gasteiger partial charge in [-0.1, -0.05) is 0 Å². The van der Waals surface area contributed by atoms with Crippen LogP contribution in [0.2, 0.25) is 0 Å². The molecule has 0 fully saturated rings. The number of pyridine rings is 1. The van der Waals surface area contributed by atoms with E-state index in [1.54, 1.807) is 6.07 Å². The van der Waals surface area contributed by atoms with Gasteiger partial charge < -0.3 is 0 Å². The van der Waals surface area contributed by atoms with Crippen molar-refractivity contribution < 1.29 is 9.59 Å². The molecular formula is C10H7BrN4O2S. The molecule has 2 rings (SSSR count). The van der Waals surface area contributed by atoms with E-state index in [9.17, 15) is 9.59 Å². The number of carbonyl (C=O) groups is 2. The number of nitrogens with zero attached hydrogens (tertiary/aromatic N) is 3. The van der Waals surface area contributed by atoms with E-state index in [4.69, 9.17) is 5.84 Å². The van der Waals surface area contributed by atoms with E-state index in [0.29, 0.717) is 8.93 Å². The number of amides is 2. The van der Waals surface area contributed by atoms with Gasteiger partial charge in [-0.25, -0.2) is 15.8 Å². The molecule has 0 aliphatic heterocycles. The lowest BCUT2D eigenvalue weighted by atomic mass is 10.2. The Morgan fingerprint density at radius 3 is 2.72 bits per heavy atom. The van der Waals surface area contributed by atoms with Gasteiger partial charge in [0.1, 0.15) is 5.69 Å². The normalized spacial score (nSPS) is 10.1. The van der Waals surface area contributed by atoms with Crippen molar-refractivity contribution in [2.24, 2.45) is 5.84 Å². The number of imide groups is 1. The highest BCUT2D eigenvalue weighted by molar-refractivity contribution is 9.11. The molecular weight excluding hydrogens is 320 g/mol. The predicted molar refractivity (Wildman–Crippen MR) is 68.7 cm³/mol. The van der Waals surface area contributed by atoms with Gasteiger partial charge in [0.25, 0.3) is 11.8 Å². The van der Waals surface area contributed by atoms with E-state index in [2.05, 4.69) is 25.9 Å². The lowest BCUT2D eigenvalue weighted by Crippen LogP contribution is -2.42. The monoisotopic (exact) mass is 326 g/mol. The highest BCUT2D eigenvalue weighted by atomic mass is 79.9. The van der Waals surface area contributed by atoms with Crippen LogP contribution in [0.4, 0.5) is 0 Å². The molecule has 2 heterocycles. The maximum Gasteiger partial charge on any atom is 0.294 e. The molecule has 6 nitrogen and oxygen atoms in total. The number of hydrogen-bond donors (Lipinski definition) is 1. The van der Waals surface area contributed by atoms with Crippen LogP contribution in [0.5, 0.6) is 0 Å². The van der Waals surface area contributed by atoms with Crippen molar-refractivity contribution in [1.29, 1.82) is 0 Å². The summed E-state index contributed by atoms with van der Waals surface area (Å²) >= 11 is 4.37. The molecule has 0 spiro atoms. The third-order valence-electron chi connectivity index (χ3n) is 2.04. The number of hydrogen-bond acceptors (Lipinski definition) is 6. The molecule has 0 unspecified atom stereocenters. The molecule has 0 aliphatic carbocycles. The molecule has 8 heteroatoms. The van der Waals surface area contributed by atoms with E-state index in [1.165, 1.54) is 35.2 Å². The van der Waals surface area contributed by atoms with E-state index in [0.717, 1.165) is 0 Å². The molecule has 18 heavy (non-hydrogen) atoms. The number of halogens is 1. The van der Waals surface area contributed by atoms with Gasteiger partial charge in [-0.05, 0) is 28.1 Å². The summed E-state index contributed by atoms with van der Waals surface area (Å²) in [5, 5.41) is 2.04. The van der Waals surface area contributed by atoms with Gasteiger partial charge in [0.15, 0.2) is 3.92 Å². The number of thiazole rings is 1. The third kappa shape index (κ3) is 2.61. The fourth-order valence-electron chi connectivity index (χ4n) is 1.19. The number of aromatic nitrogens is 2. The molecule has 2 aromatic heterocycles. The van der Waals surface area contributed by atoms with E-state index in [-0.39, 0.29) is 11.3 Å². The first kappa shape index (κ1) is 12.8. The molecule has 0 bridgehead atoms. The van der Waals surface area contributed by atoms with Gasteiger partial charge in [-0.3, -0.25) is 14.6 Å². The summed E-state index contributed by atoms with van der Waals surface area (Å²) in [5.74, 6) is 4.20. The topological polar surface area (TPSA) is 89.2 Å². The molecule has 0 aromatic carbocycles. The van der Waals surface area contributed by atoms with Crippen molar-refractivity contribution in [2.45, 2.75) is 0 Å². The van der Waals surface area contributed by atoms with Crippen molar-refractivity contribution in [2.75, 3.05) is 0 Å². The van der Waals surface area contributed by atoms with Crippen molar-refractivity contribution in [3.8, 4) is 0 Å². The van der Waals surface area contributed by atoms with Gasteiger partial charge in [-0.2, -0.15) is 0 Å². The number of nitrogens with two attached hydrogens (primary N) is 1. The summed E-state index contributed by atoms with van der Waals surface area (Å²) in [7, 11) is 0. The number of rotatable bonds is 2. The van der Waals surface area contributed by atoms with Crippen LogP contribution < -0.4 is 5.84 Å². The summed E-state index contributed by atoms with van der Waals surface area (Å²) in [5.41, 5.74) is 0.356. The molecule has 0 saturated heterocycles. The summed E-state index contributed by atoms with van der Waals surface area (Å²) in [6, 6.07) is 3.12. The minimum Gasteiger partial charge on any atom is -0.267 e. The fraction of sp³-hybridized carbons (Fsp3) is 0. The Morgan fingerprint density at radius 1 is 1.39 bits per heavy atom. The second-order valence-corrected chi connectivity index (χ2v) is 5.34. The molecule has 2 aromatic rings. The zero-order valence-electron chi connectivity index (χ0n) is 8.91. The third-order valence-corrected chi connectivity index (χ3v) is 3.41. The Kier molecular flexibility index (Phi) is 3.80. The first-order valence-corrected chi connectivity index (χ1v) is 6.41. The second kappa shape index (κ2) is 5.34. The summed E-state index contributed by atoms with van der Waals surface area (Å²) in [4.78, 5) is 31.4. The van der Waals surface area contributed by atoms with E-state index in [1.807, 2.05) is 0 Å². The minimum absolute atomic E-state index is 0.117. The fourth-order valence-corrected chi connectivity index (χ4v) is 2.18. The molecule has 0 atom stereocenters. The lowest BCUT2D eigenvalue weighted by molar-refractivity contribution is 0.0612. The maximum absolute atomic E-state index is 11.9. The van der Waals surface area contributed by atoms with Crippen LogP contribution in [0, 0.1) is 0 Å². The lowest BCUT2D eigenvalue weighted by Gasteiger charge is -2.12. The Hall–Kier alpha value is -1.64. The molecule has 0 aliphatic rings. The molecule has 2 N–H and O–H groups in total. The minimum atomic E-state index is -0.661. The van der Waals surface area contributed by atoms with E-state index >= 15 is 0 Å². The van der Waals surface area contributed by atoms with E-state index < -0.39 is 11.8 Å². The Morgan fingerprint density at radius 2 is 2.17 bits per heavy atom. The van der Waals surface area contributed by atoms with Gasteiger partial charge >= 0.3 is 0 Å².